The summed E-state index contributed by atoms with van der Waals surface area (Å²) in [4.78, 5) is 11.8. The van der Waals surface area contributed by atoms with Gasteiger partial charge < -0.3 is 4.74 Å². The van der Waals surface area contributed by atoms with Gasteiger partial charge in [0, 0.05) is 22.8 Å². The standard InChI is InChI=1S/C12H14O2S/c13-8-10-4-1-2-6-12(10)15-9-11-5-3-7-14-11/h1-2,4,6,8,11H,3,5,7,9H2. The number of hydrogen-bond donors (Lipinski definition) is 0. The Morgan fingerprint density at radius 1 is 1.47 bits per heavy atom. The van der Waals surface area contributed by atoms with Gasteiger partial charge in [-0.05, 0) is 18.9 Å². The van der Waals surface area contributed by atoms with Gasteiger partial charge in [0.1, 0.15) is 0 Å². The average molecular weight is 222 g/mol. The fourth-order valence-corrected chi connectivity index (χ4v) is 2.75. The summed E-state index contributed by atoms with van der Waals surface area (Å²) in [6.45, 7) is 0.889. The fraction of sp³-hybridized carbons (Fsp3) is 0.417. The SMILES string of the molecule is O=Cc1ccccc1SCC1CCCO1. The molecule has 1 aliphatic rings. The number of carbonyl (C=O) groups excluding carboxylic acids is 1. The second-order valence-electron chi connectivity index (χ2n) is 3.60. The van der Waals surface area contributed by atoms with E-state index >= 15 is 0 Å². The van der Waals surface area contributed by atoms with Crippen LogP contribution in [-0.2, 0) is 4.74 Å². The molecule has 0 aromatic heterocycles. The molecule has 0 saturated carbocycles. The second kappa shape index (κ2) is 5.33. The Morgan fingerprint density at radius 3 is 3.07 bits per heavy atom. The lowest BCUT2D eigenvalue weighted by molar-refractivity contribution is 0.112. The van der Waals surface area contributed by atoms with Crippen LogP contribution in [0.2, 0.25) is 0 Å². The van der Waals surface area contributed by atoms with E-state index in [0.717, 1.165) is 35.5 Å². The molecule has 1 aromatic carbocycles. The molecule has 15 heavy (non-hydrogen) atoms. The predicted molar refractivity (Wildman–Crippen MR) is 61.5 cm³/mol. The highest BCUT2D eigenvalue weighted by Gasteiger charge is 2.15. The van der Waals surface area contributed by atoms with Crippen molar-refractivity contribution in [3.05, 3.63) is 29.8 Å². The Balaban J connectivity index is 1.94. The summed E-state index contributed by atoms with van der Waals surface area (Å²) in [6, 6.07) is 7.69. The maximum Gasteiger partial charge on any atom is 0.151 e. The van der Waals surface area contributed by atoms with Crippen LogP contribution in [-0.4, -0.2) is 24.7 Å². The van der Waals surface area contributed by atoms with Gasteiger partial charge in [0.2, 0.25) is 0 Å². The van der Waals surface area contributed by atoms with Crippen molar-refractivity contribution in [3.63, 3.8) is 0 Å². The molecule has 0 bridgehead atoms. The minimum absolute atomic E-state index is 0.370. The lowest BCUT2D eigenvalue weighted by Crippen LogP contribution is -2.07. The van der Waals surface area contributed by atoms with Gasteiger partial charge >= 0.3 is 0 Å². The molecular formula is C12H14O2S. The molecule has 2 nitrogen and oxygen atoms in total. The maximum absolute atomic E-state index is 10.8. The van der Waals surface area contributed by atoms with E-state index in [-0.39, 0.29) is 0 Å². The van der Waals surface area contributed by atoms with Crippen molar-refractivity contribution in [1.29, 1.82) is 0 Å². The van der Waals surface area contributed by atoms with E-state index in [9.17, 15) is 4.79 Å². The van der Waals surface area contributed by atoms with Crippen molar-refractivity contribution in [2.24, 2.45) is 0 Å². The van der Waals surface area contributed by atoms with Crippen molar-refractivity contribution >= 4 is 18.0 Å². The first-order valence-electron chi connectivity index (χ1n) is 5.19. The summed E-state index contributed by atoms with van der Waals surface area (Å²) in [7, 11) is 0. The van der Waals surface area contributed by atoms with Crippen LogP contribution in [0.1, 0.15) is 23.2 Å². The van der Waals surface area contributed by atoms with Crippen LogP contribution >= 0.6 is 11.8 Å². The summed E-state index contributed by atoms with van der Waals surface area (Å²) in [5.74, 6) is 0.949. The quantitative estimate of drug-likeness (QED) is 0.579. The summed E-state index contributed by atoms with van der Waals surface area (Å²) in [6.07, 6.45) is 3.60. The molecule has 3 heteroatoms. The van der Waals surface area contributed by atoms with Gasteiger partial charge in [-0.3, -0.25) is 4.79 Å². The average Bonchev–Trinajstić information content (AvgIpc) is 2.79. The van der Waals surface area contributed by atoms with Crippen molar-refractivity contribution in [2.75, 3.05) is 12.4 Å². The Bertz CT molecular complexity index is 332. The molecule has 1 fully saturated rings. The normalized spacial score (nSPS) is 20.4. The number of thioether (sulfide) groups is 1. The van der Waals surface area contributed by atoms with Gasteiger partial charge in [0.25, 0.3) is 0 Å². The third-order valence-electron chi connectivity index (χ3n) is 2.49. The molecule has 1 aliphatic heterocycles. The third-order valence-corrected chi connectivity index (χ3v) is 3.72. The van der Waals surface area contributed by atoms with Crippen LogP contribution in [0.5, 0.6) is 0 Å². The molecule has 0 amide bonds. The number of ether oxygens (including phenoxy) is 1. The fourth-order valence-electron chi connectivity index (χ4n) is 1.67. The lowest BCUT2D eigenvalue weighted by atomic mass is 10.2. The van der Waals surface area contributed by atoms with Crippen molar-refractivity contribution in [1.82, 2.24) is 0 Å². The van der Waals surface area contributed by atoms with Crippen LogP contribution in [0.4, 0.5) is 0 Å². The Morgan fingerprint density at radius 2 is 2.33 bits per heavy atom. The summed E-state index contributed by atoms with van der Waals surface area (Å²) in [5.41, 5.74) is 0.778. The van der Waals surface area contributed by atoms with Crippen LogP contribution in [0.25, 0.3) is 0 Å². The smallest absolute Gasteiger partial charge is 0.151 e. The summed E-state index contributed by atoms with van der Waals surface area (Å²) < 4.78 is 5.54. The van der Waals surface area contributed by atoms with Crippen molar-refractivity contribution in [3.8, 4) is 0 Å². The minimum atomic E-state index is 0.370. The number of aldehydes is 1. The second-order valence-corrected chi connectivity index (χ2v) is 4.66. The van der Waals surface area contributed by atoms with E-state index in [1.54, 1.807) is 11.8 Å². The first-order valence-corrected chi connectivity index (χ1v) is 6.17. The van der Waals surface area contributed by atoms with E-state index in [1.165, 1.54) is 6.42 Å². The highest BCUT2D eigenvalue weighted by atomic mass is 32.2. The van der Waals surface area contributed by atoms with Gasteiger partial charge in [-0.2, -0.15) is 0 Å². The molecule has 2 rings (SSSR count). The molecule has 1 aromatic rings. The molecule has 80 valence electrons. The first-order chi connectivity index (χ1) is 7.40. The highest BCUT2D eigenvalue weighted by Crippen LogP contribution is 2.25. The summed E-state index contributed by atoms with van der Waals surface area (Å²) in [5, 5.41) is 0. The van der Waals surface area contributed by atoms with Gasteiger partial charge in [0.15, 0.2) is 6.29 Å². The Hall–Kier alpha value is -0.800. The lowest BCUT2D eigenvalue weighted by Gasteiger charge is -2.09. The van der Waals surface area contributed by atoms with E-state index in [1.807, 2.05) is 24.3 Å². The van der Waals surface area contributed by atoms with Crippen LogP contribution < -0.4 is 0 Å². The van der Waals surface area contributed by atoms with Crippen molar-refractivity contribution < 1.29 is 9.53 Å². The molecule has 0 spiro atoms. The zero-order valence-corrected chi connectivity index (χ0v) is 9.33. The maximum atomic E-state index is 10.8. The highest BCUT2D eigenvalue weighted by molar-refractivity contribution is 7.99. The van der Waals surface area contributed by atoms with Crippen LogP contribution in [0.15, 0.2) is 29.2 Å². The number of carbonyl (C=O) groups is 1. The van der Waals surface area contributed by atoms with Crippen molar-refractivity contribution in [2.45, 2.75) is 23.8 Å². The molecule has 0 radical (unpaired) electrons. The van der Waals surface area contributed by atoms with Gasteiger partial charge in [-0.15, -0.1) is 11.8 Å². The molecule has 0 aliphatic carbocycles. The minimum Gasteiger partial charge on any atom is -0.377 e. The number of rotatable bonds is 4. The van der Waals surface area contributed by atoms with Gasteiger partial charge in [-0.25, -0.2) is 0 Å². The largest absolute Gasteiger partial charge is 0.377 e. The summed E-state index contributed by atoms with van der Waals surface area (Å²) >= 11 is 1.71. The van der Waals surface area contributed by atoms with E-state index in [2.05, 4.69) is 0 Å². The number of hydrogen-bond acceptors (Lipinski definition) is 3. The molecule has 1 heterocycles. The van der Waals surface area contributed by atoms with Gasteiger partial charge in [0.05, 0.1) is 6.10 Å². The zero-order chi connectivity index (χ0) is 10.5. The van der Waals surface area contributed by atoms with Gasteiger partial charge in [-0.1, -0.05) is 18.2 Å². The molecule has 1 unspecified atom stereocenters. The Kier molecular flexibility index (Phi) is 3.80. The van der Waals surface area contributed by atoms with E-state index in [4.69, 9.17) is 4.74 Å². The third kappa shape index (κ3) is 2.83. The topological polar surface area (TPSA) is 26.3 Å². The molecule has 1 saturated heterocycles. The zero-order valence-electron chi connectivity index (χ0n) is 8.52. The number of benzene rings is 1. The van der Waals surface area contributed by atoms with Crippen LogP contribution in [0, 0.1) is 0 Å². The molecule has 1 atom stereocenters. The van der Waals surface area contributed by atoms with Crippen LogP contribution in [0.3, 0.4) is 0 Å². The molecule has 0 N–H and O–H groups in total. The monoisotopic (exact) mass is 222 g/mol. The Labute approximate surface area is 94.0 Å². The van der Waals surface area contributed by atoms with E-state index in [0.29, 0.717) is 6.10 Å². The van der Waals surface area contributed by atoms with E-state index < -0.39 is 0 Å². The first kappa shape index (κ1) is 10.7. The molecular weight excluding hydrogens is 208 g/mol. The predicted octanol–water partition coefficient (Wildman–Crippen LogP) is 2.77.